The number of phenolic OH excluding ortho intramolecular Hbond substituents is 1. The molecule has 2 N–H and O–H groups in total. The van der Waals surface area contributed by atoms with Crippen molar-refractivity contribution in [2.24, 2.45) is 5.92 Å². The molecule has 0 saturated carbocycles. The molecule has 0 bridgehead atoms. The van der Waals surface area contributed by atoms with Crippen molar-refractivity contribution in [3.63, 3.8) is 0 Å². The van der Waals surface area contributed by atoms with Gasteiger partial charge in [0.2, 0.25) is 0 Å². The minimum Gasteiger partial charge on any atom is -0.508 e. The molecule has 0 amide bonds. The molecule has 0 aliphatic carbocycles. The number of aromatic hydroxyl groups is 1. The molecule has 1 heterocycles. The summed E-state index contributed by atoms with van der Waals surface area (Å²) in [5.41, 5.74) is 0.736. The van der Waals surface area contributed by atoms with Crippen molar-refractivity contribution >= 4 is 11.6 Å². The van der Waals surface area contributed by atoms with Gasteiger partial charge in [-0.1, -0.05) is 11.6 Å². The number of benzene rings is 1. The average molecular weight is 244 g/mol. The minimum absolute atomic E-state index is 0.00692. The molecule has 2 nitrogen and oxygen atoms in total. The van der Waals surface area contributed by atoms with Crippen molar-refractivity contribution in [1.29, 1.82) is 0 Å². The van der Waals surface area contributed by atoms with E-state index in [1.165, 1.54) is 6.07 Å². The second-order valence-electron chi connectivity index (χ2n) is 4.31. The summed E-state index contributed by atoms with van der Waals surface area (Å²) in [6.07, 6.45) is 3.04. The predicted molar refractivity (Wildman–Crippen MR) is 62.4 cm³/mol. The number of piperidine rings is 1. The highest BCUT2D eigenvalue weighted by Gasteiger charge is 2.16. The normalized spacial score (nSPS) is 21.0. The zero-order chi connectivity index (χ0) is 11.5. The van der Waals surface area contributed by atoms with Crippen LogP contribution in [0.1, 0.15) is 18.4 Å². The van der Waals surface area contributed by atoms with Gasteiger partial charge in [-0.15, -0.1) is 0 Å². The first-order valence-corrected chi connectivity index (χ1v) is 5.92. The van der Waals surface area contributed by atoms with Crippen LogP contribution in [0.2, 0.25) is 5.02 Å². The predicted octanol–water partition coefficient (Wildman–Crippen LogP) is 2.73. The van der Waals surface area contributed by atoms with Crippen LogP contribution in [0.5, 0.6) is 5.75 Å². The highest BCUT2D eigenvalue weighted by molar-refractivity contribution is 6.30. The zero-order valence-corrected chi connectivity index (χ0v) is 9.73. The Balaban J connectivity index is 2.11. The van der Waals surface area contributed by atoms with Gasteiger partial charge in [0.1, 0.15) is 11.6 Å². The summed E-state index contributed by atoms with van der Waals surface area (Å²) in [5.74, 6) is -0.0571. The van der Waals surface area contributed by atoms with Gasteiger partial charge in [0, 0.05) is 6.07 Å². The van der Waals surface area contributed by atoms with Crippen LogP contribution < -0.4 is 5.32 Å². The average Bonchev–Trinajstić information content (AvgIpc) is 2.27. The van der Waals surface area contributed by atoms with Gasteiger partial charge in [0.05, 0.1) is 5.02 Å². The maximum absolute atomic E-state index is 13.0. The molecular formula is C12H15ClFNO. The Morgan fingerprint density at radius 3 is 3.00 bits per heavy atom. The van der Waals surface area contributed by atoms with E-state index in [4.69, 9.17) is 11.6 Å². The van der Waals surface area contributed by atoms with Gasteiger partial charge < -0.3 is 10.4 Å². The molecule has 16 heavy (non-hydrogen) atoms. The molecule has 1 unspecified atom stereocenters. The first-order valence-electron chi connectivity index (χ1n) is 5.54. The molecular weight excluding hydrogens is 229 g/mol. The van der Waals surface area contributed by atoms with Crippen LogP contribution in [-0.4, -0.2) is 18.2 Å². The Hall–Kier alpha value is -0.800. The molecule has 0 aromatic heterocycles. The number of hydrogen-bond donors (Lipinski definition) is 2. The number of halogens is 2. The van der Waals surface area contributed by atoms with E-state index in [9.17, 15) is 9.50 Å². The largest absolute Gasteiger partial charge is 0.508 e. The third kappa shape index (κ3) is 2.66. The molecule has 2 rings (SSSR count). The second kappa shape index (κ2) is 5.02. The molecule has 4 heteroatoms. The van der Waals surface area contributed by atoms with E-state index in [0.717, 1.165) is 44.0 Å². The molecule has 1 saturated heterocycles. The van der Waals surface area contributed by atoms with Crippen LogP contribution in [-0.2, 0) is 6.42 Å². The van der Waals surface area contributed by atoms with Gasteiger partial charge >= 0.3 is 0 Å². The quantitative estimate of drug-likeness (QED) is 0.837. The van der Waals surface area contributed by atoms with Crippen LogP contribution in [0.15, 0.2) is 12.1 Å². The molecule has 1 atom stereocenters. The van der Waals surface area contributed by atoms with E-state index in [2.05, 4.69) is 5.32 Å². The van der Waals surface area contributed by atoms with Gasteiger partial charge in [-0.05, 0) is 49.9 Å². The second-order valence-corrected chi connectivity index (χ2v) is 4.72. The lowest BCUT2D eigenvalue weighted by Crippen LogP contribution is -2.30. The minimum atomic E-state index is -0.565. The van der Waals surface area contributed by atoms with Crippen LogP contribution in [0.25, 0.3) is 0 Å². The molecule has 1 aliphatic heterocycles. The first kappa shape index (κ1) is 11.7. The van der Waals surface area contributed by atoms with Crippen molar-refractivity contribution in [1.82, 2.24) is 5.32 Å². The van der Waals surface area contributed by atoms with E-state index >= 15 is 0 Å². The monoisotopic (exact) mass is 243 g/mol. The van der Waals surface area contributed by atoms with Gasteiger partial charge in [-0.2, -0.15) is 0 Å². The summed E-state index contributed by atoms with van der Waals surface area (Å²) in [4.78, 5) is 0. The van der Waals surface area contributed by atoms with Gasteiger partial charge in [-0.3, -0.25) is 0 Å². The lowest BCUT2D eigenvalue weighted by atomic mass is 9.92. The van der Waals surface area contributed by atoms with Crippen molar-refractivity contribution < 1.29 is 9.50 Å². The fourth-order valence-corrected chi connectivity index (χ4v) is 2.34. The molecule has 0 spiro atoms. The maximum Gasteiger partial charge on any atom is 0.145 e. The fraction of sp³-hybridized carbons (Fsp3) is 0.500. The number of phenols is 1. The van der Waals surface area contributed by atoms with Crippen molar-refractivity contribution in [3.8, 4) is 5.75 Å². The van der Waals surface area contributed by atoms with E-state index in [0.29, 0.717) is 5.92 Å². The summed E-state index contributed by atoms with van der Waals surface area (Å²) in [7, 11) is 0. The Bertz CT molecular complexity index is 378. The zero-order valence-electron chi connectivity index (χ0n) is 8.97. The standard InChI is InChI=1S/C12H15ClFNO/c13-10-5-9(12(16)6-11(10)14)4-8-2-1-3-15-7-8/h5-6,8,15-16H,1-4,7H2. The molecule has 1 fully saturated rings. The number of nitrogens with one attached hydrogen (secondary N) is 1. The van der Waals surface area contributed by atoms with E-state index in [1.54, 1.807) is 0 Å². The maximum atomic E-state index is 13.0. The molecule has 88 valence electrons. The molecule has 1 aliphatic rings. The topological polar surface area (TPSA) is 32.3 Å². The van der Waals surface area contributed by atoms with Crippen LogP contribution in [0.4, 0.5) is 4.39 Å². The summed E-state index contributed by atoms with van der Waals surface area (Å²) in [5, 5.41) is 13.0. The molecule has 1 aromatic carbocycles. The Kier molecular flexibility index (Phi) is 3.66. The molecule has 0 radical (unpaired) electrons. The van der Waals surface area contributed by atoms with Crippen molar-refractivity contribution in [2.75, 3.05) is 13.1 Å². The van der Waals surface area contributed by atoms with Crippen molar-refractivity contribution in [3.05, 3.63) is 28.5 Å². The van der Waals surface area contributed by atoms with Crippen molar-refractivity contribution in [2.45, 2.75) is 19.3 Å². The number of hydrogen-bond acceptors (Lipinski definition) is 2. The first-order chi connectivity index (χ1) is 7.66. The summed E-state index contributed by atoms with van der Waals surface area (Å²) in [6, 6.07) is 2.62. The van der Waals surface area contributed by atoms with E-state index in [-0.39, 0.29) is 10.8 Å². The lowest BCUT2D eigenvalue weighted by Gasteiger charge is -2.23. The highest BCUT2D eigenvalue weighted by atomic mass is 35.5. The Labute approximate surface area is 99.4 Å². The third-order valence-corrected chi connectivity index (χ3v) is 3.32. The number of rotatable bonds is 2. The Morgan fingerprint density at radius 2 is 2.31 bits per heavy atom. The fourth-order valence-electron chi connectivity index (χ4n) is 2.15. The smallest absolute Gasteiger partial charge is 0.145 e. The van der Waals surface area contributed by atoms with E-state index in [1.807, 2.05) is 0 Å². The highest BCUT2D eigenvalue weighted by Crippen LogP contribution is 2.28. The van der Waals surface area contributed by atoms with Crippen LogP contribution in [0, 0.1) is 11.7 Å². The SMILES string of the molecule is Oc1cc(F)c(Cl)cc1CC1CCCNC1. The Morgan fingerprint density at radius 1 is 1.50 bits per heavy atom. The summed E-state index contributed by atoms with van der Waals surface area (Å²) < 4.78 is 13.0. The van der Waals surface area contributed by atoms with Gasteiger partial charge in [0.25, 0.3) is 0 Å². The van der Waals surface area contributed by atoms with Crippen LogP contribution in [0.3, 0.4) is 0 Å². The summed E-state index contributed by atoms with van der Waals surface area (Å²) >= 11 is 5.70. The third-order valence-electron chi connectivity index (χ3n) is 3.03. The van der Waals surface area contributed by atoms with Crippen LogP contribution >= 0.6 is 11.6 Å². The van der Waals surface area contributed by atoms with Gasteiger partial charge in [0.15, 0.2) is 0 Å². The summed E-state index contributed by atoms with van der Waals surface area (Å²) in [6.45, 7) is 2.01. The lowest BCUT2D eigenvalue weighted by molar-refractivity contribution is 0.369. The van der Waals surface area contributed by atoms with E-state index < -0.39 is 5.82 Å². The molecule has 1 aromatic rings. The van der Waals surface area contributed by atoms with Gasteiger partial charge in [-0.25, -0.2) is 4.39 Å².